The topological polar surface area (TPSA) is 60.2 Å². The molecule has 0 atom stereocenters. The van der Waals surface area contributed by atoms with Gasteiger partial charge in [-0.15, -0.1) is 16.8 Å². The van der Waals surface area contributed by atoms with Crippen molar-refractivity contribution in [3.8, 4) is 17.1 Å². The average molecular weight is 469 g/mol. The summed E-state index contributed by atoms with van der Waals surface area (Å²) in [4.78, 5) is 15.8. The van der Waals surface area contributed by atoms with Gasteiger partial charge in [-0.3, -0.25) is 9.36 Å². The largest absolute Gasteiger partial charge is 0.497 e. The third kappa shape index (κ3) is 5.81. The third-order valence-electron chi connectivity index (χ3n) is 6.93. The molecule has 1 amide bonds. The van der Waals surface area contributed by atoms with Gasteiger partial charge in [-0.05, 0) is 49.9 Å². The maximum atomic E-state index is 13.5. The Morgan fingerprint density at radius 2 is 1.67 bits per heavy atom. The van der Waals surface area contributed by atoms with Crippen LogP contribution in [-0.2, 0) is 11.3 Å². The van der Waals surface area contributed by atoms with Crippen molar-refractivity contribution in [3.05, 3.63) is 36.9 Å². The lowest BCUT2D eigenvalue weighted by molar-refractivity contribution is -0.135. The number of rotatable bonds is 9. The first-order chi connectivity index (χ1) is 16.2. The van der Waals surface area contributed by atoms with Gasteiger partial charge in [0, 0.05) is 24.2 Å². The van der Waals surface area contributed by atoms with E-state index in [2.05, 4.69) is 21.7 Å². The van der Waals surface area contributed by atoms with Crippen molar-refractivity contribution in [1.29, 1.82) is 0 Å². The fourth-order valence-corrected chi connectivity index (χ4v) is 6.08. The first-order valence-electron chi connectivity index (χ1n) is 12.3. The van der Waals surface area contributed by atoms with Crippen LogP contribution in [0.5, 0.6) is 5.75 Å². The lowest BCUT2D eigenvalue weighted by Gasteiger charge is -2.41. The average Bonchev–Trinajstić information content (AvgIpc) is 3.27. The van der Waals surface area contributed by atoms with Crippen LogP contribution < -0.4 is 4.74 Å². The normalized spacial score (nSPS) is 17.6. The van der Waals surface area contributed by atoms with Crippen molar-refractivity contribution >= 4 is 17.7 Å². The van der Waals surface area contributed by atoms with Crippen molar-refractivity contribution in [2.24, 2.45) is 0 Å². The Bertz CT molecular complexity index is 897. The second-order valence-corrected chi connectivity index (χ2v) is 10.0. The fraction of sp³-hybridized carbons (Fsp3) is 0.577. The number of nitrogens with zero attached hydrogens (tertiary/aromatic N) is 4. The van der Waals surface area contributed by atoms with E-state index in [1.54, 1.807) is 7.11 Å². The van der Waals surface area contributed by atoms with Crippen LogP contribution in [0.2, 0.25) is 0 Å². The number of ether oxygens (including phenoxy) is 1. The number of hydrogen-bond donors (Lipinski definition) is 0. The van der Waals surface area contributed by atoms with E-state index >= 15 is 0 Å². The van der Waals surface area contributed by atoms with Gasteiger partial charge < -0.3 is 9.64 Å². The number of aromatic nitrogens is 3. The molecule has 1 heterocycles. The van der Waals surface area contributed by atoms with Crippen LogP contribution in [0.1, 0.15) is 64.2 Å². The molecule has 0 spiro atoms. The maximum absolute atomic E-state index is 13.5. The summed E-state index contributed by atoms with van der Waals surface area (Å²) in [7, 11) is 1.66. The van der Waals surface area contributed by atoms with E-state index < -0.39 is 0 Å². The predicted octanol–water partition coefficient (Wildman–Crippen LogP) is 5.73. The van der Waals surface area contributed by atoms with Gasteiger partial charge in [0.05, 0.1) is 12.9 Å². The minimum atomic E-state index is 0.262. The molecule has 0 radical (unpaired) electrons. The molecule has 2 aromatic rings. The molecular weight excluding hydrogens is 432 g/mol. The Balaban J connectivity index is 1.49. The molecule has 2 fully saturated rings. The molecule has 4 rings (SSSR count). The standard InChI is InChI=1S/C26H36N4O2S/c1-3-18-29-25(20-14-16-23(32-2)17-15-20)27-28-26(29)33-19-24(31)30(21-10-6-4-7-11-21)22-12-8-5-9-13-22/h3,14-17,21-22H,1,4-13,18-19H2,2H3. The van der Waals surface area contributed by atoms with Crippen molar-refractivity contribution in [2.45, 2.75) is 88.0 Å². The van der Waals surface area contributed by atoms with Crippen LogP contribution in [-0.4, -0.2) is 50.5 Å². The molecule has 0 unspecified atom stereocenters. The summed E-state index contributed by atoms with van der Waals surface area (Å²) in [5.41, 5.74) is 0.967. The monoisotopic (exact) mass is 468 g/mol. The number of amides is 1. The SMILES string of the molecule is C=CCn1c(SCC(=O)N(C2CCCCC2)C2CCCCC2)nnc1-c1ccc(OC)cc1. The van der Waals surface area contributed by atoms with E-state index in [1.165, 1.54) is 50.3 Å². The number of carbonyl (C=O) groups excluding carboxylic acids is 1. The molecule has 2 aliphatic rings. The minimum absolute atomic E-state index is 0.262. The van der Waals surface area contributed by atoms with Crippen LogP contribution in [0.25, 0.3) is 11.4 Å². The van der Waals surface area contributed by atoms with Crippen molar-refractivity contribution in [3.63, 3.8) is 0 Å². The molecule has 1 aromatic carbocycles. The summed E-state index contributed by atoms with van der Waals surface area (Å²) in [5.74, 6) is 2.26. The molecule has 6 nitrogen and oxygen atoms in total. The highest BCUT2D eigenvalue weighted by molar-refractivity contribution is 7.99. The van der Waals surface area contributed by atoms with Gasteiger partial charge in [0.2, 0.25) is 5.91 Å². The quantitative estimate of drug-likeness (QED) is 0.348. The lowest BCUT2D eigenvalue weighted by Crippen LogP contribution is -2.49. The molecule has 7 heteroatoms. The molecule has 0 bridgehead atoms. The highest BCUT2D eigenvalue weighted by Gasteiger charge is 2.32. The Morgan fingerprint density at radius 3 is 2.21 bits per heavy atom. The molecule has 1 aromatic heterocycles. The summed E-state index contributed by atoms with van der Waals surface area (Å²) >= 11 is 1.50. The van der Waals surface area contributed by atoms with Gasteiger partial charge >= 0.3 is 0 Å². The van der Waals surface area contributed by atoms with Gasteiger partial charge in [-0.2, -0.15) is 0 Å². The number of allylic oxidation sites excluding steroid dienone is 1. The molecular formula is C26H36N4O2S. The van der Waals surface area contributed by atoms with E-state index in [0.717, 1.165) is 48.0 Å². The first-order valence-corrected chi connectivity index (χ1v) is 13.3. The second kappa shape index (κ2) is 11.7. The van der Waals surface area contributed by atoms with Crippen LogP contribution in [0.15, 0.2) is 42.1 Å². The van der Waals surface area contributed by atoms with E-state index in [-0.39, 0.29) is 5.91 Å². The van der Waals surface area contributed by atoms with Gasteiger partial charge in [0.15, 0.2) is 11.0 Å². The van der Waals surface area contributed by atoms with Gasteiger partial charge in [0.25, 0.3) is 0 Å². The van der Waals surface area contributed by atoms with Crippen LogP contribution in [0, 0.1) is 0 Å². The van der Waals surface area contributed by atoms with Crippen molar-refractivity contribution in [1.82, 2.24) is 19.7 Å². The summed E-state index contributed by atoms with van der Waals surface area (Å²) in [6.45, 7) is 4.50. The number of methoxy groups -OCH3 is 1. The van der Waals surface area contributed by atoms with Crippen LogP contribution >= 0.6 is 11.8 Å². The smallest absolute Gasteiger partial charge is 0.233 e. The maximum Gasteiger partial charge on any atom is 0.233 e. The Morgan fingerprint density at radius 1 is 1.06 bits per heavy atom. The fourth-order valence-electron chi connectivity index (χ4n) is 5.27. The molecule has 2 saturated carbocycles. The third-order valence-corrected chi connectivity index (χ3v) is 7.88. The zero-order valence-corrected chi connectivity index (χ0v) is 20.6. The zero-order chi connectivity index (χ0) is 23.0. The van der Waals surface area contributed by atoms with E-state index in [0.29, 0.717) is 24.4 Å². The Kier molecular flexibility index (Phi) is 8.48. The number of hydrogen-bond acceptors (Lipinski definition) is 5. The molecule has 0 N–H and O–H groups in total. The molecule has 2 aliphatic carbocycles. The van der Waals surface area contributed by atoms with E-state index in [4.69, 9.17) is 4.74 Å². The van der Waals surface area contributed by atoms with Crippen LogP contribution in [0.4, 0.5) is 0 Å². The summed E-state index contributed by atoms with van der Waals surface area (Å²) in [6.07, 6.45) is 14.0. The van der Waals surface area contributed by atoms with Crippen molar-refractivity contribution in [2.75, 3.05) is 12.9 Å². The molecule has 0 aliphatic heterocycles. The first kappa shape index (κ1) is 23.9. The summed E-state index contributed by atoms with van der Waals surface area (Å²) in [6, 6.07) is 8.63. The van der Waals surface area contributed by atoms with Crippen molar-refractivity contribution < 1.29 is 9.53 Å². The number of carbonyl (C=O) groups is 1. The molecule has 178 valence electrons. The van der Waals surface area contributed by atoms with Gasteiger partial charge in [-0.25, -0.2) is 0 Å². The lowest BCUT2D eigenvalue weighted by atomic mass is 9.88. The zero-order valence-electron chi connectivity index (χ0n) is 19.7. The summed E-state index contributed by atoms with van der Waals surface area (Å²) < 4.78 is 7.31. The Hall–Kier alpha value is -2.28. The number of benzene rings is 1. The molecule has 33 heavy (non-hydrogen) atoms. The van der Waals surface area contributed by atoms with E-state index in [9.17, 15) is 4.79 Å². The second-order valence-electron chi connectivity index (χ2n) is 9.11. The predicted molar refractivity (Wildman–Crippen MR) is 134 cm³/mol. The van der Waals surface area contributed by atoms with Gasteiger partial charge in [0.1, 0.15) is 5.75 Å². The van der Waals surface area contributed by atoms with Crippen LogP contribution in [0.3, 0.4) is 0 Å². The highest BCUT2D eigenvalue weighted by atomic mass is 32.2. The Labute approximate surface area is 201 Å². The highest BCUT2D eigenvalue weighted by Crippen LogP contribution is 2.32. The molecule has 0 saturated heterocycles. The van der Waals surface area contributed by atoms with E-state index in [1.807, 2.05) is 34.9 Å². The summed E-state index contributed by atoms with van der Waals surface area (Å²) in [5, 5.41) is 9.64. The minimum Gasteiger partial charge on any atom is -0.497 e. The number of thioether (sulfide) groups is 1. The van der Waals surface area contributed by atoms with Gasteiger partial charge in [-0.1, -0.05) is 56.4 Å².